The lowest BCUT2D eigenvalue weighted by atomic mass is 9.97. The van der Waals surface area contributed by atoms with E-state index in [1.54, 1.807) is 20.8 Å². The van der Waals surface area contributed by atoms with Crippen LogP contribution in [0.5, 0.6) is 0 Å². The van der Waals surface area contributed by atoms with Gasteiger partial charge in [-0.2, -0.15) is 0 Å². The lowest BCUT2D eigenvalue weighted by Crippen LogP contribution is -2.46. The number of hydrogen-bond donors (Lipinski definition) is 1. The van der Waals surface area contributed by atoms with Crippen LogP contribution < -0.4 is 5.32 Å². The van der Waals surface area contributed by atoms with Gasteiger partial charge in [-0.25, -0.2) is 4.79 Å². The van der Waals surface area contributed by atoms with Crippen molar-refractivity contribution in [2.45, 2.75) is 52.2 Å². The van der Waals surface area contributed by atoms with Crippen LogP contribution in [0.15, 0.2) is 30.3 Å². The summed E-state index contributed by atoms with van der Waals surface area (Å²) in [6.45, 7) is 9.09. The second kappa shape index (κ2) is 7.69. The van der Waals surface area contributed by atoms with Crippen LogP contribution in [0.4, 0.5) is 4.79 Å². The minimum absolute atomic E-state index is 0.0704. The van der Waals surface area contributed by atoms with Gasteiger partial charge in [-0.05, 0) is 45.1 Å². The minimum atomic E-state index is -0.713. The van der Waals surface area contributed by atoms with Gasteiger partial charge >= 0.3 is 6.09 Å². The first-order valence-corrected chi connectivity index (χ1v) is 8.59. The molecule has 0 aromatic heterocycles. The SMILES string of the molecule is CC1CCN(C(=O)[C@@H](NC(=O)OC(C)(C)C)c2ccccc2)CC1. The van der Waals surface area contributed by atoms with Crippen molar-refractivity contribution in [1.29, 1.82) is 0 Å². The first-order chi connectivity index (χ1) is 11.3. The molecule has 1 aromatic rings. The molecule has 2 rings (SSSR count). The van der Waals surface area contributed by atoms with Crippen LogP contribution in [0.2, 0.25) is 0 Å². The summed E-state index contributed by atoms with van der Waals surface area (Å²) in [6, 6.07) is 8.62. The molecule has 0 bridgehead atoms. The van der Waals surface area contributed by atoms with Crippen molar-refractivity contribution in [2.24, 2.45) is 5.92 Å². The van der Waals surface area contributed by atoms with Crippen LogP contribution in [-0.2, 0) is 9.53 Å². The van der Waals surface area contributed by atoms with E-state index >= 15 is 0 Å². The van der Waals surface area contributed by atoms with Crippen molar-refractivity contribution in [3.63, 3.8) is 0 Å². The van der Waals surface area contributed by atoms with E-state index in [1.807, 2.05) is 35.2 Å². The van der Waals surface area contributed by atoms with Crippen molar-refractivity contribution in [3.05, 3.63) is 35.9 Å². The van der Waals surface area contributed by atoms with Crippen molar-refractivity contribution < 1.29 is 14.3 Å². The fraction of sp³-hybridized carbons (Fsp3) is 0.579. The van der Waals surface area contributed by atoms with Crippen LogP contribution >= 0.6 is 0 Å². The van der Waals surface area contributed by atoms with Gasteiger partial charge in [0.2, 0.25) is 5.91 Å². The van der Waals surface area contributed by atoms with Gasteiger partial charge in [-0.3, -0.25) is 4.79 Å². The number of alkyl carbamates (subject to hydrolysis) is 1. The van der Waals surface area contributed by atoms with Gasteiger partial charge in [-0.1, -0.05) is 37.3 Å². The number of carbonyl (C=O) groups is 2. The second-order valence-corrected chi connectivity index (χ2v) is 7.50. The zero-order valence-electron chi connectivity index (χ0n) is 15.0. The highest BCUT2D eigenvalue weighted by Gasteiger charge is 2.30. The molecule has 2 amide bonds. The third kappa shape index (κ3) is 5.25. The highest BCUT2D eigenvalue weighted by Crippen LogP contribution is 2.22. The van der Waals surface area contributed by atoms with Crippen molar-refractivity contribution in [1.82, 2.24) is 10.2 Å². The Morgan fingerprint density at radius 3 is 2.29 bits per heavy atom. The number of nitrogens with one attached hydrogen (secondary N) is 1. The van der Waals surface area contributed by atoms with E-state index in [-0.39, 0.29) is 5.91 Å². The summed E-state index contributed by atoms with van der Waals surface area (Å²) in [6.07, 6.45) is 1.43. The van der Waals surface area contributed by atoms with E-state index in [2.05, 4.69) is 12.2 Å². The van der Waals surface area contributed by atoms with Crippen LogP contribution in [0, 0.1) is 5.92 Å². The average molecular weight is 332 g/mol. The number of benzene rings is 1. The Hall–Kier alpha value is -2.04. The summed E-state index contributed by atoms with van der Waals surface area (Å²) in [7, 11) is 0. The van der Waals surface area contributed by atoms with Crippen molar-refractivity contribution in [2.75, 3.05) is 13.1 Å². The monoisotopic (exact) mass is 332 g/mol. The average Bonchev–Trinajstić information content (AvgIpc) is 2.52. The van der Waals surface area contributed by atoms with Gasteiger partial charge in [-0.15, -0.1) is 0 Å². The number of likely N-dealkylation sites (tertiary alicyclic amines) is 1. The van der Waals surface area contributed by atoms with E-state index in [0.29, 0.717) is 5.92 Å². The normalized spacial score (nSPS) is 17.2. The molecule has 24 heavy (non-hydrogen) atoms. The molecule has 132 valence electrons. The first-order valence-electron chi connectivity index (χ1n) is 8.59. The smallest absolute Gasteiger partial charge is 0.408 e. The topological polar surface area (TPSA) is 58.6 Å². The summed E-state index contributed by atoms with van der Waals surface area (Å²) in [5.74, 6) is 0.571. The number of ether oxygens (including phenoxy) is 1. The van der Waals surface area contributed by atoms with Crippen molar-refractivity contribution in [3.8, 4) is 0 Å². The molecule has 1 heterocycles. The molecule has 1 atom stereocenters. The molecule has 1 N–H and O–H groups in total. The molecule has 5 heteroatoms. The third-order valence-corrected chi connectivity index (χ3v) is 4.14. The minimum Gasteiger partial charge on any atom is -0.444 e. The number of nitrogens with zero attached hydrogens (tertiary/aromatic N) is 1. The molecule has 0 spiro atoms. The maximum absolute atomic E-state index is 13.0. The molecule has 1 fully saturated rings. The third-order valence-electron chi connectivity index (χ3n) is 4.14. The molecule has 1 saturated heterocycles. The predicted octanol–water partition coefficient (Wildman–Crippen LogP) is 3.51. The zero-order valence-corrected chi connectivity index (χ0v) is 15.0. The summed E-state index contributed by atoms with van der Waals surface area (Å²) in [5.41, 5.74) is 0.168. The van der Waals surface area contributed by atoms with E-state index in [1.165, 1.54) is 0 Å². The molecule has 1 aromatic carbocycles. The van der Waals surface area contributed by atoms with Gasteiger partial charge in [0.15, 0.2) is 0 Å². The van der Waals surface area contributed by atoms with E-state index in [4.69, 9.17) is 4.74 Å². The highest BCUT2D eigenvalue weighted by molar-refractivity contribution is 5.87. The maximum atomic E-state index is 13.0. The number of rotatable bonds is 3. The Balaban J connectivity index is 2.14. The Morgan fingerprint density at radius 2 is 1.75 bits per heavy atom. The van der Waals surface area contributed by atoms with Crippen molar-refractivity contribution >= 4 is 12.0 Å². The fourth-order valence-corrected chi connectivity index (χ4v) is 2.77. The Labute approximate surface area is 144 Å². The van der Waals surface area contributed by atoms with E-state index < -0.39 is 17.7 Å². The molecule has 5 nitrogen and oxygen atoms in total. The molecular formula is C19H28N2O3. The lowest BCUT2D eigenvalue weighted by molar-refractivity contribution is -0.135. The van der Waals surface area contributed by atoms with Crippen LogP contribution in [0.25, 0.3) is 0 Å². The molecule has 1 aliphatic heterocycles. The summed E-state index contributed by atoms with van der Waals surface area (Å²) >= 11 is 0. The number of amides is 2. The predicted molar refractivity (Wildman–Crippen MR) is 93.5 cm³/mol. The summed E-state index contributed by atoms with van der Waals surface area (Å²) < 4.78 is 5.32. The lowest BCUT2D eigenvalue weighted by Gasteiger charge is -2.33. The Kier molecular flexibility index (Phi) is 5.86. The molecular weight excluding hydrogens is 304 g/mol. The molecule has 0 radical (unpaired) electrons. The van der Waals surface area contributed by atoms with Crippen LogP contribution in [-0.4, -0.2) is 35.6 Å². The Morgan fingerprint density at radius 1 is 1.17 bits per heavy atom. The largest absolute Gasteiger partial charge is 0.444 e. The van der Waals surface area contributed by atoms with Gasteiger partial charge in [0.05, 0.1) is 0 Å². The standard InChI is InChI=1S/C19H28N2O3/c1-14-10-12-21(13-11-14)17(22)16(15-8-6-5-7-9-15)20-18(23)24-19(2,3)4/h5-9,14,16H,10-13H2,1-4H3,(H,20,23)/t16-/m0/s1. The summed E-state index contributed by atoms with van der Waals surface area (Å²) in [5, 5.41) is 2.75. The molecule has 0 unspecified atom stereocenters. The zero-order chi connectivity index (χ0) is 17.7. The van der Waals surface area contributed by atoms with Crippen LogP contribution in [0.3, 0.4) is 0 Å². The summed E-state index contributed by atoms with van der Waals surface area (Å²) in [4.78, 5) is 27.0. The first kappa shape index (κ1) is 18.3. The quantitative estimate of drug-likeness (QED) is 0.921. The number of hydrogen-bond acceptors (Lipinski definition) is 3. The molecule has 1 aliphatic rings. The molecule has 0 saturated carbocycles. The molecule has 0 aliphatic carbocycles. The second-order valence-electron chi connectivity index (χ2n) is 7.50. The maximum Gasteiger partial charge on any atom is 0.408 e. The fourth-order valence-electron chi connectivity index (χ4n) is 2.77. The highest BCUT2D eigenvalue weighted by atomic mass is 16.6. The van der Waals surface area contributed by atoms with Gasteiger partial charge in [0.25, 0.3) is 0 Å². The van der Waals surface area contributed by atoms with Gasteiger partial charge in [0, 0.05) is 13.1 Å². The van der Waals surface area contributed by atoms with Crippen LogP contribution in [0.1, 0.15) is 52.1 Å². The number of piperidine rings is 1. The Bertz CT molecular complexity index is 558. The number of carbonyl (C=O) groups excluding carboxylic acids is 2. The van der Waals surface area contributed by atoms with Gasteiger partial charge < -0.3 is 15.0 Å². The van der Waals surface area contributed by atoms with E-state index in [9.17, 15) is 9.59 Å². The van der Waals surface area contributed by atoms with E-state index in [0.717, 1.165) is 31.5 Å². The van der Waals surface area contributed by atoms with Gasteiger partial charge in [0.1, 0.15) is 11.6 Å².